The number of hydrogen-bond donors (Lipinski definition) is 0. The first-order valence-corrected chi connectivity index (χ1v) is 3.71. The molecule has 1 aliphatic heterocycles. The Morgan fingerprint density at radius 1 is 1.30 bits per heavy atom. The van der Waals surface area contributed by atoms with Gasteiger partial charge in [0.15, 0.2) is 0 Å². The van der Waals surface area contributed by atoms with Gasteiger partial charge in [0.2, 0.25) is 5.91 Å². The Bertz CT molecular complexity index is 121. The van der Waals surface area contributed by atoms with Crippen molar-refractivity contribution in [2.75, 3.05) is 13.1 Å². The molecule has 1 heterocycles. The number of nitrogens with zero attached hydrogens (tertiary/aromatic N) is 1. The van der Waals surface area contributed by atoms with Gasteiger partial charge in [-0.2, -0.15) is 0 Å². The van der Waals surface area contributed by atoms with Crippen molar-refractivity contribution in [3.05, 3.63) is 12.2 Å². The van der Waals surface area contributed by atoms with Gasteiger partial charge in [-0.05, 0) is 0 Å². The average molecular weight is 141 g/mol. The second kappa shape index (κ2) is 5.03. The first kappa shape index (κ1) is 9.21. The lowest BCUT2D eigenvalue weighted by Crippen LogP contribution is -2.24. The van der Waals surface area contributed by atoms with E-state index in [0.717, 1.165) is 13.1 Å². The summed E-state index contributed by atoms with van der Waals surface area (Å²) in [7, 11) is 0. The Kier molecular flexibility index (Phi) is 4.63. The van der Waals surface area contributed by atoms with E-state index in [2.05, 4.69) is 0 Å². The average Bonchev–Trinajstić information content (AvgIpc) is 2.42. The maximum Gasteiger partial charge on any atom is 0.220 e. The molecule has 2 heteroatoms. The first-order valence-electron chi connectivity index (χ1n) is 3.71. The fourth-order valence-electron chi connectivity index (χ4n) is 0.735. The molecule has 0 aliphatic carbocycles. The molecule has 0 aromatic carbocycles. The highest BCUT2D eigenvalue weighted by molar-refractivity contribution is 5.74. The highest BCUT2D eigenvalue weighted by Crippen LogP contribution is 1.97. The monoisotopic (exact) mass is 141 g/mol. The van der Waals surface area contributed by atoms with Gasteiger partial charge in [0, 0.05) is 20.0 Å². The van der Waals surface area contributed by atoms with Gasteiger partial charge in [-0.15, -0.1) is 0 Å². The van der Waals surface area contributed by atoms with Crippen LogP contribution in [0.1, 0.15) is 20.8 Å². The number of carbonyl (C=O) groups is 1. The molecule has 0 saturated heterocycles. The molecule has 1 rings (SSSR count). The summed E-state index contributed by atoms with van der Waals surface area (Å²) < 4.78 is 0. The van der Waals surface area contributed by atoms with Crippen LogP contribution >= 0.6 is 0 Å². The smallest absolute Gasteiger partial charge is 0.220 e. The fourth-order valence-corrected chi connectivity index (χ4v) is 0.735. The van der Waals surface area contributed by atoms with Gasteiger partial charge in [0.05, 0.1) is 0 Å². The Morgan fingerprint density at radius 2 is 1.70 bits per heavy atom. The van der Waals surface area contributed by atoms with Crippen LogP contribution in [0.5, 0.6) is 0 Å². The van der Waals surface area contributed by atoms with Crippen LogP contribution in [0.2, 0.25) is 0 Å². The molecule has 0 radical (unpaired) electrons. The highest BCUT2D eigenvalue weighted by atomic mass is 16.2. The van der Waals surface area contributed by atoms with Crippen LogP contribution in [0.3, 0.4) is 0 Å². The summed E-state index contributed by atoms with van der Waals surface area (Å²) in [6.07, 6.45) is 4.00. The molecule has 0 N–H and O–H groups in total. The van der Waals surface area contributed by atoms with Crippen LogP contribution < -0.4 is 0 Å². The lowest BCUT2D eigenvalue weighted by molar-refractivity contribution is -0.127. The van der Waals surface area contributed by atoms with Crippen molar-refractivity contribution >= 4 is 5.91 Å². The second-order valence-corrected chi connectivity index (χ2v) is 1.90. The summed E-state index contributed by atoms with van der Waals surface area (Å²) in [5.74, 6) is 0.162. The summed E-state index contributed by atoms with van der Waals surface area (Å²) in [5, 5.41) is 0. The van der Waals surface area contributed by atoms with E-state index in [1.54, 1.807) is 11.8 Å². The normalized spacial score (nSPS) is 14.5. The summed E-state index contributed by atoms with van der Waals surface area (Å²) in [6, 6.07) is 0. The van der Waals surface area contributed by atoms with E-state index in [1.807, 2.05) is 26.0 Å². The SMILES string of the molecule is CC.CC(=O)N1CC=CC1. The zero-order valence-electron chi connectivity index (χ0n) is 6.92. The zero-order chi connectivity index (χ0) is 7.98. The molecule has 0 atom stereocenters. The molecular formula is C8H15NO. The van der Waals surface area contributed by atoms with Crippen molar-refractivity contribution in [1.29, 1.82) is 0 Å². The Labute approximate surface area is 62.5 Å². The molecular weight excluding hydrogens is 126 g/mol. The van der Waals surface area contributed by atoms with Crippen LogP contribution in [-0.2, 0) is 4.79 Å². The number of hydrogen-bond acceptors (Lipinski definition) is 1. The van der Waals surface area contributed by atoms with Crippen molar-refractivity contribution in [3.8, 4) is 0 Å². The van der Waals surface area contributed by atoms with Crippen LogP contribution in [0.25, 0.3) is 0 Å². The van der Waals surface area contributed by atoms with Crippen LogP contribution in [-0.4, -0.2) is 23.9 Å². The minimum atomic E-state index is 0.162. The minimum Gasteiger partial charge on any atom is -0.335 e. The predicted octanol–water partition coefficient (Wildman–Crippen LogP) is 1.43. The van der Waals surface area contributed by atoms with Crippen molar-refractivity contribution in [1.82, 2.24) is 4.90 Å². The quantitative estimate of drug-likeness (QED) is 0.467. The molecule has 58 valence electrons. The molecule has 0 fully saturated rings. The molecule has 0 bridgehead atoms. The summed E-state index contributed by atoms with van der Waals surface area (Å²) in [6.45, 7) is 7.19. The number of carbonyl (C=O) groups excluding carboxylic acids is 1. The maximum atomic E-state index is 10.5. The van der Waals surface area contributed by atoms with E-state index in [0.29, 0.717) is 0 Å². The maximum absolute atomic E-state index is 10.5. The third-order valence-corrected chi connectivity index (χ3v) is 1.26. The van der Waals surface area contributed by atoms with Crippen LogP contribution in [0, 0.1) is 0 Å². The van der Waals surface area contributed by atoms with E-state index in [1.165, 1.54) is 0 Å². The molecule has 0 aromatic heterocycles. The largest absolute Gasteiger partial charge is 0.335 e. The van der Waals surface area contributed by atoms with Gasteiger partial charge < -0.3 is 4.90 Å². The second-order valence-electron chi connectivity index (χ2n) is 1.90. The van der Waals surface area contributed by atoms with Gasteiger partial charge in [0.25, 0.3) is 0 Å². The molecule has 1 aliphatic rings. The molecule has 0 aromatic rings. The van der Waals surface area contributed by atoms with Crippen molar-refractivity contribution in [2.45, 2.75) is 20.8 Å². The van der Waals surface area contributed by atoms with Gasteiger partial charge in [0.1, 0.15) is 0 Å². The highest BCUT2D eigenvalue weighted by Gasteiger charge is 2.06. The first-order chi connectivity index (χ1) is 4.80. The molecule has 10 heavy (non-hydrogen) atoms. The zero-order valence-corrected chi connectivity index (χ0v) is 6.92. The summed E-state index contributed by atoms with van der Waals surface area (Å²) >= 11 is 0. The van der Waals surface area contributed by atoms with Gasteiger partial charge in [-0.3, -0.25) is 4.79 Å². The Balaban J connectivity index is 0.000000371. The van der Waals surface area contributed by atoms with Gasteiger partial charge in [-0.1, -0.05) is 26.0 Å². The Morgan fingerprint density at radius 3 is 1.90 bits per heavy atom. The van der Waals surface area contributed by atoms with E-state index >= 15 is 0 Å². The number of rotatable bonds is 0. The molecule has 0 spiro atoms. The minimum absolute atomic E-state index is 0.162. The molecule has 1 amide bonds. The Hall–Kier alpha value is -0.790. The standard InChI is InChI=1S/C6H9NO.C2H6/c1-6(8)7-4-2-3-5-7;1-2/h2-3H,4-5H2,1H3;1-2H3. The van der Waals surface area contributed by atoms with Crippen molar-refractivity contribution in [2.24, 2.45) is 0 Å². The lowest BCUT2D eigenvalue weighted by atomic mass is 10.6. The molecule has 0 saturated carbocycles. The topological polar surface area (TPSA) is 20.3 Å². The molecule has 2 nitrogen and oxygen atoms in total. The third-order valence-electron chi connectivity index (χ3n) is 1.26. The van der Waals surface area contributed by atoms with Gasteiger partial charge >= 0.3 is 0 Å². The van der Waals surface area contributed by atoms with E-state index in [9.17, 15) is 4.79 Å². The lowest BCUT2D eigenvalue weighted by Gasteiger charge is -2.10. The molecule has 0 unspecified atom stereocenters. The predicted molar refractivity (Wildman–Crippen MR) is 42.7 cm³/mol. The van der Waals surface area contributed by atoms with E-state index < -0.39 is 0 Å². The summed E-state index contributed by atoms with van der Waals surface area (Å²) in [5.41, 5.74) is 0. The van der Waals surface area contributed by atoms with Crippen LogP contribution in [0.15, 0.2) is 12.2 Å². The van der Waals surface area contributed by atoms with E-state index in [4.69, 9.17) is 0 Å². The number of amides is 1. The summed E-state index contributed by atoms with van der Waals surface area (Å²) in [4.78, 5) is 12.3. The van der Waals surface area contributed by atoms with Crippen molar-refractivity contribution in [3.63, 3.8) is 0 Å². The fraction of sp³-hybridized carbons (Fsp3) is 0.625. The van der Waals surface area contributed by atoms with Gasteiger partial charge in [-0.25, -0.2) is 0 Å². The van der Waals surface area contributed by atoms with Crippen LogP contribution in [0.4, 0.5) is 0 Å². The van der Waals surface area contributed by atoms with E-state index in [-0.39, 0.29) is 5.91 Å². The van der Waals surface area contributed by atoms with Crippen molar-refractivity contribution < 1.29 is 4.79 Å². The third kappa shape index (κ3) is 2.67.